The Morgan fingerprint density at radius 3 is 2.47 bits per heavy atom. The van der Waals surface area contributed by atoms with E-state index in [0.29, 0.717) is 11.1 Å². The zero-order valence-electron chi connectivity index (χ0n) is 9.75. The quantitative estimate of drug-likeness (QED) is 0.781. The number of hydrogen-bond acceptors (Lipinski definition) is 4. The summed E-state index contributed by atoms with van der Waals surface area (Å²) >= 11 is 0. The first-order valence-electron chi connectivity index (χ1n) is 5.50. The van der Waals surface area contributed by atoms with Gasteiger partial charge in [-0.15, -0.1) is 0 Å². The van der Waals surface area contributed by atoms with E-state index >= 15 is 0 Å². The summed E-state index contributed by atoms with van der Waals surface area (Å²) in [4.78, 5) is 29.1. The van der Waals surface area contributed by atoms with Crippen molar-refractivity contribution < 1.29 is 14.7 Å². The van der Waals surface area contributed by atoms with Crippen LogP contribution in [0.25, 0.3) is 0 Å². The number of carbonyl (C=O) groups is 2. The number of aliphatic hydroxyl groups is 1. The molecule has 0 aliphatic carbocycles. The summed E-state index contributed by atoms with van der Waals surface area (Å²) in [5, 5.41) is 9.31. The van der Waals surface area contributed by atoms with Gasteiger partial charge in [-0.05, 0) is 12.0 Å². The molecule has 0 saturated carbocycles. The normalized spacial score (nSPS) is 16.6. The second-order valence-electron chi connectivity index (χ2n) is 4.40. The van der Waals surface area contributed by atoms with Gasteiger partial charge in [-0.2, -0.15) is 0 Å². The van der Waals surface area contributed by atoms with Crippen LogP contribution >= 0.6 is 0 Å². The first-order chi connectivity index (χ1) is 8.07. The standard InChI is InChI=1S/C12H14N2O3/c1-7(2)10(6-15)14-11(16)8-3-4-13-5-9(8)12(14)17/h3-5,7,10,15H,6H2,1-2H3/t10-/m0/s1. The summed E-state index contributed by atoms with van der Waals surface area (Å²) in [5.74, 6) is -0.707. The van der Waals surface area contributed by atoms with Crippen molar-refractivity contribution in [2.75, 3.05) is 6.61 Å². The molecule has 5 heteroatoms. The number of nitrogens with zero attached hydrogens (tertiary/aromatic N) is 2. The lowest BCUT2D eigenvalue weighted by molar-refractivity contribution is 0.0452. The van der Waals surface area contributed by atoms with Crippen LogP contribution in [0.4, 0.5) is 0 Å². The molecule has 0 spiro atoms. The third kappa shape index (κ3) is 1.72. The van der Waals surface area contributed by atoms with Gasteiger partial charge >= 0.3 is 0 Å². The first-order valence-corrected chi connectivity index (χ1v) is 5.50. The number of aliphatic hydroxyl groups excluding tert-OH is 1. The zero-order chi connectivity index (χ0) is 12.6. The molecule has 0 unspecified atom stereocenters. The van der Waals surface area contributed by atoms with Gasteiger partial charge in [-0.25, -0.2) is 0 Å². The van der Waals surface area contributed by atoms with Crippen LogP contribution in [0.3, 0.4) is 0 Å². The summed E-state index contributed by atoms with van der Waals surface area (Å²) < 4.78 is 0. The van der Waals surface area contributed by atoms with Crippen molar-refractivity contribution in [3.8, 4) is 0 Å². The van der Waals surface area contributed by atoms with Crippen molar-refractivity contribution >= 4 is 11.8 Å². The zero-order valence-corrected chi connectivity index (χ0v) is 9.75. The van der Waals surface area contributed by atoms with Crippen LogP contribution in [0.5, 0.6) is 0 Å². The Morgan fingerprint density at radius 2 is 1.94 bits per heavy atom. The number of imide groups is 1. The molecule has 0 aromatic carbocycles. The second-order valence-corrected chi connectivity index (χ2v) is 4.40. The molecule has 5 nitrogen and oxygen atoms in total. The number of hydrogen-bond donors (Lipinski definition) is 1. The molecule has 1 atom stereocenters. The van der Waals surface area contributed by atoms with Gasteiger partial charge in [-0.1, -0.05) is 13.8 Å². The summed E-state index contributed by atoms with van der Waals surface area (Å²) in [7, 11) is 0. The fourth-order valence-corrected chi connectivity index (χ4v) is 1.99. The highest BCUT2D eigenvalue weighted by atomic mass is 16.3. The lowest BCUT2D eigenvalue weighted by atomic mass is 10.0. The summed E-state index contributed by atoms with van der Waals surface area (Å²) in [6, 6.07) is 1.05. The third-order valence-corrected chi connectivity index (χ3v) is 3.01. The molecule has 0 bridgehead atoms. The maximum absolute atomic E-state index is 12.1. The number of carbonyl (C=O) groups excluding carboxylic acids is 2. The van der Waals surface area contributed by atoms with E-state index in [1.54, 1.807) is 0 Å². The third-order valence-electron chi connectivity index (χ3n) is 3.01. The van der Waals surface area contributed by atoms with Gasteiger partial charge < -0.3 is 5.11 Å². The Balaban J connectivity index is 2.42. The van der Waals surface area contributed by atoms with Crippen molar-refractivity contribution in [3.63, 3.8) is 0 Å². The van der Waals surface area contributed by atoms with Crippen LogP contribution in [-0.2, 0) is 0 Å². The van der Waals surface area contributed by atoms with Crippen LogP contribution < -0.4 is 0 Å². The van der Waals surface area contributed by atoms with E-state index in [0.717, 1.165) is 4.90 Å². The molecule has 1 aliphatic rings. The van der Waals surface area contributed by atoms with E-state index in [1.165, 1.54) is 18.5 Å². The van der Waals surface area contributed by atoms with Crippen molar-refractivity contribution in [2.45, 2.75) is 19.9 Å². The summed E-state index contributed by atoms with van der Waals surface area (Å²) in [6.45, 7) is 3.50. The average molecular weight is 234 g/mol. The van der Waals surface area contributed by atoms with Crippen LogP contribution in [0, 0.1) is 5.92 Å². The van der Waals surface area contributed by atoms with Crippen molar-refractivity contribution in [3.05, 3.63) is 29.6 Å². The van der Waals surface area contributed by atoms with Gasteiger partial charge in [0.15, 0.2) is 0 Å². The van der Waals surface area contributed by atoms with E-state index in [9.17, 15) is 14.7 Å². The molecule has 2 rings (SSSR count). The Hall–Kier alpha value is -1.75. The predicted octanol–water partition coefficient (Wildman–Crippen LogP) is 0.695. The molecular formula is C12H14N2O3. The number of pyridine rings is 1. The molecule has 0 saturated heterocycles. The Kier molecular flexibility index (Phi) is 2.93. The minimum Gasteiger partial charge on any atom is -0.394 e. The van der Waals surface area contributed by atoms with Gasteiger partial charge in [0.2, 0.25) is 0 Å². The van der Waals surface area contributed by atoms with Crippen LogP contribution in [0.1, 0.15) is 34.6 Å². The van der Waals surface area contributed by atoms with E-state index in [1.807, 2.05) is 13.8 Å². The molecule has 1 aliphatic heterocycles. The fraction of sp³-hybridized carbons (Fsp3) is 0.417. The highest BCUT2D eigenvalue weighted by Gasteiger charge is 2.40. The summed E-state index contributed by atoms with van der Waals surface area (Å²) in [6.07, 6.45) is 2.88. The molecule has 2 heterocycles. The maximum atomic E-state index is 12.1. The average Bonchev–Trinajstić information content (AvgIpc) is 2.56. The number of amides is 2. The van der Waals surface area contributed by atoms with Crippen molar-refractivity contribution in [1.82, 2.24) is 9.88 Å². The smallest absolute Gasteiger partial charge is 0.263 e. The van der Waals surface area contributed by atoms with E-state index in [4.69, 9.17) is 0 Å². The molecule has 0 radical (unpaired) electrons. The van der Waals surface area contributed by atoms with E-state index in [-0.39, 0.29) is 24.3 Å². The number of rotatable bonds is 3. The van der Waals surface area contributed by atoms with Crippen molar-refractivity contribution in [1.29, 1.82) is 0 Å². The maximum Gasteiger partial charge on any atom is 0.263 e. The molecule has 90 valence electrons. The molecule has 2 amide bonds. The first kappa shape index (κ1) is 11.7. The second kappa shape index (κ2) is 4.25. The molecule has 1 aromatic rings. The largest absolute Gasteiger partial charge is 0.394 e. The van der Waals surface area contributed by atoms with E-state index < -0.39 is 6.04 Å². The monoisotopic (exact) mass is 234 g/mol. The molecular weight excluding hydrogens is 220 g/mol. The predicted molar refractivity (Wildman–Crippen MR) is 60.4 cm³/mol. The van der Waals surface area contributed by atoms with Gasteiger partial charge in [-0.3, -0.25) is 19.5 Å². The lowest BCUT2D eigenvalue weighted by Crippen LogP contribution is -2.45. The molecule has 1 aromatic heterocycles. The highest BCUT2D eigenvalue weighted by Crippen LogP contribution is 2.25. The number of fused-ring (bicyclic) bond motifs is 1. The molecule has 17 heavy (non-hydrogen) atoms. The SMILES string of the molecule is CC(C)[C@H](CO)N1C(=O)c2ccncc2C1=O. The van der Waals surface area contributed by atoms with Gasteiger partial charge in [0, 0.05) is 12.4 Å². The fourth-order valence-electron chi connectivity index (χ4n) is 1.99. The van der Waals surface area contributed by atoms with Crippen LogP contribution in [-0.4, -0.2) is 39.5 Å². The minimum absolute atomic E-state index is 0.00942. The van der Waals surface area contributed by atoms with Gasteiger partial charge in [0.25, 0.3) is 11.8 Å². The van der Waals surface area contributed by atoms with Crippen LogP contribution in [0.2, 0.25) is 0 Å². The van der Waals surface area contributed by atoms with Gasteiger partial charge in [0.05, 0.1) is 23.8 Å². The topological polar surface area (TPSA) is 70.5 Å². The lowest BCUT2D eigenvalue weighted by Gasteiger charge is -2.27. The molecule has 1 N–H and O–H groups in total. The minimum atomic E-state index is -0.484. The van der Waals surface area contributed by atoms with Crippen molar-refractivity contribution in [2.24, 2.45) is 5.92 Å². The Morgan fingerprint density at radius 1 is 1.29 bits per heavy atom. The van der Waals surface area contributed by atoms with Gasteiger partial charge in [0.1, 0.15) is 0 Å². The molecule has 0 fully saturated rings. The van der Waals surface area contributed by atoms with E-state index in [2.05, 4.69) is 4.98 Å². The summed E-state index contributed by atoms with van der Waals surface area (Å²) in [5.41, 5.74) is 0.681. The highest BCUT2D eigenvalue weighted by molar-refractivity contribution is 6.21. The Labute approximate surface area is 99.1 Å². The van der Waals surface area contributed by atoms with Crippen LogP contribution in [0.15, 0.2) is 18.5 Å². The Bertz CT molecular complexity index is 436. The number of aromatic nitrogens is 1.